The minimum atomic E-state index is -1.25. The summed E-state index contributed by atoms with van der Waals surface area (Å²) in [5.41, 5.74) is 1.49. The number of methoxy groups -OCH3 is 2. The van der Waals surface area contributed by atoms with Crippen molar-refractivity contribution < 1.29 is 24.3 Å². The highest BCUT2D eigenvalue weighted by Crippen LogP contribution is 2.20. The van der Waals surface area contributed by atoms with E-state index in [1.54, 1.807) is 12.1 Å². The van der Waals surface area contributed by atoms with E-state index in [1.807, 2.05) is 0 Å². The lowest BCUT2D eigenvalue weighted by atomic mass is 9.94. The van der Waals surface area contributed by atoms with Gasteiger partial charge in [0, 0.05) is 18.8 Å². The highest BCUT2D eigenvalue weighted by atomic mass is 16.5. The third-order valence-electron chi connectivity index (χ3n) is 3.20. The van der Waals surface area contributed by atoms with Crippen LogP contribution in [0.1, 0.15) is 6.42 Å². The molecule has 9 heteroatoms. The van der Waals surface area contributed by atoms with Crippen LogP contribution in [0.5, 0.6) is 0 Å². The van der Waals surface area contributed by atoms with Gasteiger partial charge in [0.25, 0.3) is 0 Å². The minimum Gasteiger partial charge on any atom is -0.467 e. The number of hydrazone groups is 1. The number of hydrogen-bond donors (Lipinski definition) is 2. The van der Waals surface area contributed by atoms with Crippen LogP contribution in [0, 0.1) is 0 Å². The van der Waals surface area contributed by atoms with Gasteiger partial charge < -0.3 is 14.7 Å². The molecule has 0 amide bonds. The van der Waals surface area contributed by atoms with Crippen LogP contribution in [0.4, 0.5) is 0 Å². The van der Waals surface area contributed by atoms with Crippen LogP contribution in [0.2, 0.25) is 0 Å². The number of nitrogens with zero attached hydrogens (tertiary/aromatic N) is 3. The van der Waals surface area contributed by atoms with Crippen molar-refractivity contribution in [3.8, 4) is 0 Å². The first-order valence-electron chi connectivity index (χ1n) is 6.39. The maximum Gasteiger partial charge on any atom is 0.354 e. The van der Waals surface area contributed by atoms with Gasteiger partial charge in [-0.25, -0.2) is 14.3 Å². The van der Waals surface area contributed by atoms with Gasteiger partial charge in [0.1, 0.15) is 5.71 Å². The topological polar surface area (TPSA) is 115 Å². The zero-order valence-corrected chi connectivity index (χ0v) is 12.1. The van der Waals surface area contributed by atoms with Gasteiger partial charge in [-0.1, -0.05) is 0 Å². The van der Waals surface area contributed by atoms with Crippen LogP contribution >= 0.6 is 0 Å². The maximum atomic E-state index is 12.1. The average molecular weight is 308 g/mol. The normalized spacial score (nSPS) is 19.8. The fourth-order valence-corrected chi connectivity index (χ4v) is 1.99. The fourth-order valence-electron chi connectivity index (χ4n) is 1.99. The number of nitrogens with one attached hydrogen (secondary N) is 1. The number of hydrogen-bond acceptors (Lipinski definition) is 8. The molecule has 0 saturated heterocycles. The molecule has 1 aromatic rings. The van der Waals surface area contributed by atoms with E-state index in [4.69, 9.17) is 9.94 Å². The number of esters is 2. The summed E-state index contributed by atoms with van der Waals surface area (Å²) < 4.78 is 10.2. The lowest BCUT2D eigenvalue weighted by molar-refractivity contribution is -0.147. The first kappa shape index (κ1) is 15.5. The Labute approximate surface area is 125 Å². The van der Waals surface area contributed by atoms with Crippen LogP contribution < -0.4 is 10.8 Å². The molecule has 0 radical (unpaired) electrons. The number of pyridine rings is 1. The van der Waals surface area contributed by atoms with Crippen LogP contribution in [-0.4, -0.2) is 53.9 Å². The zero-order chi connectivity index (χ0) is 16.2. The number of carbonyl (C=O) groups is 2. The molecule has 9 nitrogen and oxygen atoms in total. The van der Waals surface area contributed by atoms with Crippen molar-refractivity contribution in [3.05, 3.63) is 29.9 Å². The molecular weight excluding hydrogens is 292 g/mol. The first-order valence-corrected chi connectivity index (χ1v) is 6.39. The van der Waals surface area contributed by atoms with Crippen molar-refractivity contribution in [1.29, 1.82) is 0 Å². The summed E-state index contributed by atoms with van der Waals surface area (Å²) >= 11 is 0. The average Bonchev–Trinajstić information content (AvgIpc) is 2.98. The molecule has 1 aliphatic rings. The summed E-state index contributed by atoms with van der Waals surface area (Å²) in [6.07, 6.45) is 2.83. The third kappa shape index (κ3) is 3.08. The summed E-state index contributed by atoms with van der Waals surface area (Å²) in [4.78, 5) is 27.8. The van der Waals surface area contributed by atoms with E-state index in [9.17, 15) is 9.59 Å². The van der Waals surface area contributed by atoms with Crippen LogP contribution in [-0.2, 0) is 19.1 Å². The molecule has 2 heterocycles. The van der Waals surface area contributed by atoms with Crippen molar-refractivity contribution in [3.63, 3.8) is 0 Å². The van der Waals surface area contributed by atoms with E-state index in [0.717, 1.165) is 4.73 Å². The Bertz CT molecular complexity index is 661. The molecule has 1 atom stereocenters. The lowest BCUT2D eigenvalue weighted by Crippen LogP contribution is -2.51. The summed E-state index contributed by atoms with van der Waals surface area (Å²) in [6.45, 7) is 0.0130. The van der Waals surface area contributed by atoms with Gasteiger partial charge in [-0.2, -0.15) is 5.10 Å². The SMILES string of the molecule is COC(=O)C1=NN[C@](CN=c2ccn(O)cc2)(C(=O)OC)C1. The molecule has 0 aliphatic carbocycles. The Kier molecular flexibility index (Phi) is 4.44. The fraction of sp³-hybridized carbons (Fsp3) is 0.385. The Morgan fingerprint density at radius 3 is 2.68 bits per heavy atom. The lowest BCUT2D eigenvalue weighted by Gasteiger charge is -2.23. The maximum absolute atomic E-state index is 12.1. The van der Waals surface area contributed by atoms with Crippen LogP contribution in [0.25, 0.3) is 0 Å². The highest BCUT2D eigenvalue weighted by molar-refractivity contribution is 6.37. The largest absolute Gasteiger partial charge is 0.467 e. The molecule has 0 aromatic carbocycles. The number of ether oxygens (including phenoxy) is 2. The van der Waals surface area contributed by atoms with Gasteiger partial charge in [-0.05, 0) is 12.1 Å². The van der Waals surface area contributed by atoms with E-state index < -0.39 is 17.5 Å². The number of aromatic nitrogens is 1. The summed E-state index contributed by atoms with van der Waals surface area (Å²) in [6, 6.07) is 3.14. The van der Waals surface area contributed by atoms with Gasteiger partial charge in [0.05, 0.1) is 26.1 Å². The Morgan fingerprint density at radius 1 is 1.41 bits per heavy atom. The summed E-state index contributed by atoms with van der Waals surface area (Å²) in [5.74, 6) is -1.19. The quantitative estimate of drug-likeness (QED) is 0.548. The molecule has 0 saturated carbocycles. The Hall–Kier alpha value is -2.84. The van der Waals surface area contributed by atoms with Gasteiger partial charge in [0.2, 0.25) is 0 Å². The molecule has 1 aromatic heterocycles. The highest BCUT2D eigenvalue weighted by Gasteiger charge is 2.46. The second kappa shape index (κ2) is 6.29. The summed E-state index contributed by atoms with van der Waals surface area (Å²) in [7, 11) is 2.49. The number of carbonyl (C=O) groups excluding carboxylic acids is 2. The molecule has 22 heavy (non-hydrogen) atoms. The van der Waals surface area contributed by atoms with Gasteiger partial charge >= 0.3 is 11.9 Å². The molecule has 1 aliphatic heterocycles. The molecule has 0 fully saturated rings. The number of rotatable bonds is 4. The van der Waals surface area contributed by atoms with Gasteiger partial charge in [-0.15, -0.1) is 0 Å². The van der Waals surface area contributed by atoms with Crippen molar-refractivity contribution in [2.75, 3.05) is 20.8 Å². The smallest absolute Gasteiger partial charge is 0.354 e. The van der Waals surface area contributed by atoms with Crippen molar-refractivity contribution in [2.24, 2.45) is 10.1 Å². The predicted molar refractivity (Wildman–Crippen MR) is 74.0 cm³/mol. The van der Waals surface area contributed by atoms with Gasteiger partial charge in [0.15, 0.2) is 5.54 Å². The van der Waals surface area contributed by atoms with E-state index in [2.05, 4.69) is 20.3 Å². The van der Waals surface area contributed by atoms with E-state index in [1.165, 1.54) is 26.6 Å². The zero-order valence-electron chi connectivity index (χ0n) is 12.1. The van der Waals surface area contributed by atoms with E-state index in [-0.39, 0.29) is 18.7 Å². The summed E-state index contributed by atoms with van der Waals surface area (Å²) in [5, 5.41) is 13.6. The molecule has 0 spiro atoms. The Balaban J connectivity index is 2.22. The standard InChI is InChI=1S/C13H16N4O5/c1-21-11(18)10-7-13(16-15-10,12(19)22-2)8-14-9-3-5-17(20)6-4-9/h3-6,16,20H,7-8H2,1-2H3/t13-/m1/s1. The molecule has 2 N–H and O–H groups in total. The second-order valence-electron chi connectivity index (χ2n) is 4.66. The molecular formula is C13H16N4O5. The van der Waals surface area contributed by atoms with E-state index in [0.29, 0.717) is 5.36 Å². The first-order chi connectivity index (χ1) is 10.5. The van der Waals surface area contributed by atoms with Crippen molar-refractivity contribution in [2.45, 2.75) is 12.0 Å². The second-order valence-corrected chi connectivity index (χ2v) is 4.66. The third-order valence-corrected chi connectivity index (χ3v) is 3.20. The predicted octanol–water partition coefficient (Wildman–Crippen LogP) is -0.940. The molecule has 118 valence electrons. The monoisotopic (exact) mass is 308 g/mol. The van der Waals surface area contributed by atoms with Crippen LogP contribution in [0.3, 0.4) is 0 Å². The van der Waals surface area contributed by atoms with E-state index >= 15 is 0 Å². The van der Waals surface area contributed by atoms with Crippen molar-refractivity contribution in [1.82, 2.24) is 10.2 Å². The van der Waals surface area contributed by atoms with Crippen LogP contribution in [0.15, 0.2) is 34.6 Å². The molecule has 0 bridgehead atoms. The van der Waals surface area contributed by atoms with Crippen molar-refractivity contribution >= 4 is 17.7 Å². The minimum absolute atomic E-state index is 0.0130. The molecule has 2 rings (SSSR count). The molecule has 0 unspecified atom stereocenters. The van der Waals surface area contributed by atoms with Gasteiger partial charge in [-0.3, -0.25) is 10.4 Å². The Morgan fingerprint density at radius 2 is 2.09 bits per heavy atom.